The number of nitrogens with two attached hydrogens (primary N) is 1. The van der Waals surface area contributed by atoms with Gasteiger partial charge in [-0.15, -0.1) is 23.1 Å². The lowest BCUT2D eigenvalue weighted by atomic mass is 9.98. The third-order valence-electron chi connectivity index (χ3n) is 6.04. The second kappa shape index (κ2) is 10.8. The minimum atomic E-state index is -1.83. The van der Waals surface area contributed by atoms with Gasteiger partial charge < -0.3 is 36.3 Å². The number of rotatable bonds is 9. The first-order valence-electron chi connectivity index (χ1n) is 11.4. The second-order valence-corrected chi connectivity index (χ2v) is 11.2. The molecule has 0 bridgehead atoms. The summed E-state index contributed by atoms with van der Waals surface area (Å²) in [4.78, 5) is 59.5. The predicted molar refractivity (Wildman–Crippen MR) is 139 cm³/mol. The van der Waals surface area contributed by atoms with Crippen molar-refractivity contribution in [1.29, 1.82) is 0 Å². The lowest BCUT2D eigenvalue weighted by Gasteiger charge is -2.49. The van der Waals surface area contributed by atoms with Crippen LogP contribution in [0.5, 0.6) is 11.5 Å². The van der Waals surface area contributed by atoms with Gasteiger partial charge in [-0.1, -0.05) is 5.16 Å². The third-order valence-corrected chi connectivity index (χ3v) is 8.05. The molecular weight excluding hydrogens is 592 g/mol. The number of carboxylic acid groups (broad SMARTS) is 2. The first kappa shape index (κ1) is 29.5. The van der Waals surface area contributed by atoms with Crippen molar-refractivity contribution in [3.8, 4) is 11.5 Å². The molecule has 0 aliphatic carbocycles. The fraction of sp³-hybridized carbons (Fsp3) is 0.304. The number of nitrogen functional groups attached to an aromatic ring is 1. The maximum Gasteiger partial charge on any atom is 0.352 e. The first-order chi connectivity index (χ1) is 19.1. The Kier molecular flexibility index (Phi) is 7.81. The number of aromatic hydroxyl groups is 2. The van der Waals surface area contributed by atoms with E-state index in [1.807, 2.05) is 0 Å². The number of carbonyl (C=O) groups excluding carboxylic acids is 2. The van der Waals surface area contributed by atoms with E-state index in [0.717, 1.165) is 28.0 Å². The number of oxime groups is 1. The zero-order valence-electron chi connectivity index (χ0n) is 21.0. The number of carbonyl (C=O) groups is 4. The van der Waals surface area contributed by atoms with Crippen LogP contribution in [0.25, 0.3) is 0 Å². The van der Waals surface area contributed by atoms with Crippen LogP contribution >= 0.6 is 23.1 Å². The number of thiazole rings is 1. The minimum Gasteiger partial charge on any atom is -0.502 e. The fourth-order valence-electron chi connectivity index (χ4n) is 3.84. The van der Waals surface area contributed by atoms with E-state index >= 15 is 0 Å². The lowest BCUT2D eigenvalue weighted by molar-refractivity contribution is -0.161. The van der Waals surface area contributed by atoms with Gasteiger partial charge in [0.15, 0.2) is 34.0 Å². The molecule has 14 nitrogen and oxygen atoms in total. The van der Waals surface area contributed by atoms with Gasteiger partial charge in [-0.3, -0.25) is 14.5 Å². The van der Waals surface area contributed by atoms with Gasteiger partial charge in [-0.05, 0) is 37.5 Å². The average molecular weight is 614 g/mol. The van der Waals surface area contributed by atoms with E-state index in [0.29, 0.717) is 6.07 Å². The van der Waals surface area contributed by atoms with E-state index in [1.54, 1.807) is 0 Å². The number of hydrogen-bond acceptors (Lipinski definition) is 12. The summed E-state index contributed by atoms with van der Waals surface area (Å²) < 4.78 is 28.3. The highest BCUT2D eigenvalue weighted by Gasteiger charge is 2.54. The maximum absolute atomic E-state index is 14.4. The van der Waals surface area contributed by atoms with Crippen LogP contribution in [0.1, 0.15) is 25.1 Å². The van der Waals surface area contributed by atoms with Crippen LogP contribution in [0, 0.1) is 11.6 Å². The Morgan fingerprint density at radius 2 is 1.95 bits per heavy atom. The van der Waals surface area contributed by atoms with Crippen molar-refractivity contribution >= 4 is 57.7 Å². The number of nitrogens with zero attached hydrogens (tertiary/aromatic N) is 3. The molecule has 0 radical (unpaired) electrons. The summed E-state index contributed by atoms with van der Waals surface area (Å²) in [6.45, 7) is 2.37. The molecule has 18 heteroatoms. The van der Waals surface area contributed by atoms with Crippen molar-refractivity contribution in [3.05, 3.63) is 45.6 Å². The summed E-state index contributed by atoms with van der Waals surface area (Å²) in [5.41, 5.74) is 2.31. The van der Waals surface area contributed by atoms with E-state index < -0.39 is 87.3 Å². The van der Waals surface area contributed by atoms with Gasteiger partial charge in [0.1, 0.15) is 22.8 Å². The third kappa shape index (κ3) is 5.47. The summed E-state index contributed by atoms with van der Waals surface area (Å²) in [5, 5.41) is 44.7. The molecule has 0 saturated carbocycles. The van der Waals surface area contributed by atoms with Crippen LogP contribution < -0.4 is 11.1 Å². The smallest absolute Gasteiger partial charge is 0.352 e. The molecule has 0 spiro atoms. The number of anilines is 1. The quantitative estimate of drug-likeness (QED) is 0.101. The number of benzene rings is 1. The Morgan fingerprint density at radius 1 is 1.27 bits per heavy atom. The van der Waals surface area contributed by atoms with E-state index in [2.05, 4.69) is 15.5 Å². The number of aliphatic carboxylic acids is 2. The Bertz CT molecular complexity index is 1540. The maximum atomic E-state index is 14.4. The number of aromatic nitrogens is 1. The molecule has 2 amide bonds. The minimum absolute atomic E-state index is 0.0183. The summed E-state index contributed by atoms with van der Waals surface area (Å²) in [7, 11) is 0. The summed E-state index contributed by atoms with van der Waals surface area (Å²) in [6, 6.07) is -0.641. The molecule has 1 fully saturated rings. The van der Waals surface area contributed by atoms with Gasteiger partial charge in [0.2, 0.25) is 5.60 Å². The standard InChI is InChI=1S/C23H21F2N5O9S2/c1-23(2,21(37)38)39-29-12(10-6-41-22(26)27-10)17(33)28-13-18(34)30-14(20(35)36)8(5-40-19(13)30)3-7-4-9(24)15(31)16(32)11(7)25/h4,6,13,19,31-32H,3,5H2,1-2H3,(H2,26,27)(H,28,33)(H,35,36)(H,37,38)/b29-12-/t13?,19-/m1/s1. The van der Waals surface area contributed by atoms with Crippen molar-refractivity contribution in [2.75, 3.05) is 11.5 Å². The Balaban J connectivity index is 1.59. The molecule has 3 heterocycles. The summed E-state index contributed by atoms with van der Waals surface area (Å²) >= 11 is 1.98. The predicted octanol–water partition coefficient (Wildman–Crippen LogP) is 0.980. The number of β-lactam (4-membered cyclic amide) rings is 1. The number of amides is 2. The highest BCUT2D eigenvalue weighted by molar-refractivity contribution is 8.00. The highest BCUT2D eigenvalue weighted by Crippen LogP contribution is 2.42. The van der Waals surface area contributed by atoms with Crippen LogP contribution in [-0.4, -0.2) is 82.5 Å². The molecule has 1 aromatic heterocycles. The first-order valence-corrected chi connectivity index (χ1v) is 13.4. The number of thioether (sulfide) groups is 1. The molecule has 4 rings (SSSR count). The molecular formula is C23H21F2N5O9S2. The zero-order valence-corrected chi connectivity index (χ0v) is 22.7. The molecule has 2 atom stereocenters. The monoisotopic (exact) mass is 613 g/mol. The van der Waals surface area contributed by atoms with Crippen LogP contribution in [0.2, 0.25) is 0 Å². The van der Waals surface area contributed by atoms with Gasteiger partial charge in [0.25, 0.3) is 11.8 Å². The molecule has 2 aliphatic heterocycles. The molecule has 1 aromatic carbocycles. The molecule has 2 aromatic rings. The van der Waals surface area contributed by atoms with Crippen molar-refractivity contribution < 1.29 is 53.2 Å². The van der Waals surface area contributed by atoms with Crippen molar-refractivity contribution in [3.63, 3.8) is 0 Å². The molecule has 1 saturated heterocycles. The summed E-state index contributed by atoms with van der Waals surface area (Å²) in [5.74, 6) is -10.1. The summed E-state index contributed by atoms with van der Waals surface area (Å²) in [6.07, 6.45) is -0.502. The molecule has 1 unspecified atom stereocenters. The van der Waals surface area contributed by atoms with Crippen LogP contribution in [0.4, 0.5) is 13.9 Å². The highest BCUT2D eigenvalue weighted by atomic mass is 32.2. The number of halogens is 2. The van der Waals surface area contributed by atoms with Crippen molar-refractivity contribution in [1.82, 2.24) is 15.2 Å². The van der Waals surface area contributed by atoms with Gasteiger partial charge in [0, 0.05) is 11.1 Å². The average Bonchev–Trinajstić information content (AvgIpc) is 3.34. The number of hydrogen-bond donors (Lipinski definition) is 6. The fourth-order valence-corrected chi connectivity index (χ4v) is 5.73. The molecule has 7 N–H and O–H groups in total. The number of carboxylic acids is 2. The van der Waals surface area contributed by atoms with Crippen LogP contribution in [0.15, 0.2) is 27.9 Å². The van der Waals surface area contributed by atoms with Crippen LogP contribution in [0.3, 0.4) is 0 Å². The SMILES string of the molecule is CC(C)(O/N=C(\C(=O)NC1C(=O)N2C(C(=O)O)=C(Cc3cc(F)c(O)c(O)c3F)CS[C@H]12)c1csc(N)n1)C(=O)O. The van der Waals surface area contributed by atoms with E-state index in [1.165, 1.54) is 19.2 Å². The Labute approximate surface area is 237 Å². The van der Waals surface area contributed by atoms with Crippen molar-refractivity contribution in [2.24, 2.45) is 5.16 Å². The van der Waals surface area contributed by atoms with Crippen LogP contribution in [-0.2, 0) is 30.4 Å². The van der Waals surface area contributed by atoms with Gasteiger partial charge in [0.05, 0.1) is 0 Å². The number of phenolic OH excluding ortho intramolecular Hbond substituents is 2. The topological polar surface area (TPSA) is 225 Å². The largest absolute Gasteiger partial charge is 0.502 e. The zero-order chi connectivity index (χ0) is 30.4. The molecule has 218 valence electrons. The van der Waals surface area contributed by atoms with E-state index in [4.69, 9.17) is 10.6 Å². The number of nitrogens with one attached hydrogen (secondary N) is 1. The molecule has 41 heavy (non-hydrogen) atoms. The van der Waals surface area contributed by atoms with Gasteiger partial charge >= 0.3 is 11.9 Å². The number of fused-ring (bicyclic) bond motifs is 1. The second-order valence-electron chi connectivity index (χ2n) is 9.24. The lowest BCUT2D eigenvalue weighted by Crippen LogP contribution is -2.71. The number of phenols is 2. The molecule has 2 aliphatic rings. The normalized spacial score (nSPS) is 19.0. The Morgan fingerprint density at radius 3 is 2.54 bits per heavy atom. The van der Waals surface area contributed by atoms with E-state index in [-0.39, 0.29) is 22.2 Å². The Hall–Kier alpha value is -4.45. The van der Waals surface area contributed by atoms with Crippen molar-refractivity contribution in [2.45, 2.75) is 37.3 Å². The van der Waals surface area contributed by atoms with Gasteiger partial charge in [-0.2, -0.15) is 0 Å². The van der Waals surface area contributed by atoms with E-state index in [9.17, 15) is 48.4 Å². The van der Waals surface area contributed by atoms with Gasteiger partial charge in [-0.25, -0.2) is 23.4 Å².